The molecule has 1 saturated heterocycles. The van der Waals surface area contributed by atoms with Crippen molar-refractivity contribution in [1.82, 2.24) is 4.98 Å². The van der Waals surface area contributed by atoms with Gasteiger partial charge in [-0.15, -0.1) is 57.5 Å². The molecule has 7 aromatic carbocycles. The summed E-state index contributed by atoms with van der Waals surface area (Å²) in [6.07, 6.45) is 0.210. The fourth-order valence-corrected chi connectivity index (χ4v) is 15.3. The smallest absolute Gasteiger partial charge is 0.151 e. The van der Waals surface area contributed by atoms with Crippen LogP contribution in [-0.4, -0.2) is 48.2 Å². The molecule has 0 aliphatic carbocycles. The summed E-state index contributed by atoms with van der Waals surface area (Å²) >= 11 is 11.3. The Morgan fingerprint density at radius 2 is 1.07 bits per heavy atom. The molecule has 1 atom stereocenters. The van der Waals surface area contributed by atoms with E-state index in [0.717, 1.165) is 33.7 Å². The number of benzene rings is 7. The van der Waals surface area contributed by atoms with Crippen molar-refractivity contribution in [1.29, 1.82) is 0 Å². The van der Waals surface area contributed by atoms with Crippen LogP contribution in [0, 0.1) is 5.41 Å². The first kappa shape index (κ1) is 38.7. The zero-order valence-corrected chi connectivity index (χ0v) is 37.4. The number of aromatic nitrogens is 1. The zero-order chi connectivity index (χ0) is 39.9. The van der Waals surface area contributed by atoms with Crippen LogP contribution in [0.2, 0.25) is 0 Å². The van der Waals surface area contributed by atoms with Gasteiger partial charge < -0.3 is 9.47 Å². The summed E-state index contributed by atoms with van der Waals surface area (Å²) in [7, 11) is 0. The van der Waals surface area contributed by atoms with Crippen LogP contribution in [0.3, 0.4) is 0 Å². The number of ether oxygens (including phenoxy) is 2. The standard InChI is InChI=1S/C51H39NO2S6/c1-4-22-45-40(15-1)42-19-9-17-38(48(42)58-45)33-11-7-13-36(25-33)55-30-51(29-53-27-35-28-54-35,32-57-50-52-44-21-3-6-24-47(44)60-50)31-56-37-14-8-12-34(26-37)39-18-10-20-43-41-16-2-5-23-46(41)59-49(39)43/h1-26,35H,27-32H2. The van der Waals surface area contributed by atoms with Gasteiger partial charge in [0.1, 0.15) is 6.10 Å². The minimum atomic E-state index is -0.171. The Morgan fingerprint density at radius 1 is 0.550 bits per heavy atom. The number of fused-ring (bicyclic) bond motifs is 7. The van der Waals surface area contributed by atoms with Crippen molar-refractivity contribution in [2.24, 2.45) is 5.41 Å². The fourth-order valence-electron chi connectivity index (χ4n) is 7.88. The van der Waals surface area contributed by atoms with Crippen molar-refractivity contribution >= 4 is 120 Å². The first-order chi connectivity index (χ1) is 29.6. The highest BCUT2D eigenvalue weighted by Crippen LogP contribution is 2.45. The number of thiophene rings is 2. The van der Waals surface area contributed by atoms with Gasteiger partial charge in [-0.1, -0.05) is 121 Å². The Balaban J connectivity index is 0.911. The van der Waals surface area contributed by atoms with Gasteiger partial charge in [-0.05, 0) is 70.8 Å². The van der Waals surface area contributed by atoms with Crippen LogP contribution < -0.4 is 0 Å². The minimum absolute atomic E-state index is 0.171. The van der Waals surface area contributed by atoms with Gasteiger partial charge in [-0.2, -0.15) is 0 Å². The highest BCUT2D eigenvalue weighted by Gasteiger charge is 2.34. The highest BCUT2D eigenvalue weighted by molar-refractivity contribution is 8.02. The van der Waals surface area contributed by atoms with E-state index in [0.29, 0.717) is 13.2 Å². The van der Waals surface area contributed by atoms with E-state index < -0.39 is 0 Å². The minimum Gasteiger partial charge on any atom is -0.378 e. The lowest BCUT2D eigenvalue weighted by Crippen LogP contribution is -2.36. The number of hydrogen-bond donors (Lipinski definition) is 0. The van der Waals surface area contributed by atoms with Crippen LogP contribution in [0.1, 0.15) is 0 Å². The first-order valence-electron chi connectivity index (χ1n) is 20.1. The molecule has 0 spiro atoms. The molecular weight excluding hydrogens is 851 g/mol. The van der Waals surface area contributed by atoms with Crippen molar-refractivity contribution in [3.05, 3.63) is 158 Å². The van der Waals surface area contributed by atoms with Gasteiger partial charge in [0.15, 0.2) is 4.34 Å². The van der Waals surface area contributed by atoms with Crippen molar-refractivity contribution in [2.75, 3.05) is 37.1 Å². The Hall–Kier alpha value is -4.16. The van der Waals surface area contributed by atoms with E-state index in [4.69, 9.17) is 14.5 Å². The number of thiazole rings is 1. The maximum Gasteiger partial charge on any atom is 0.151 e. The Morgan fingerprint density at radius 3 is 1.65 bits per heavy atom. The normalized spacial score (nSPS) is 14.3. The Labute approximate surface area is 374 Å². The summed E-state index contributed by atoms with van der Waals surface area (Å²) in [5.41, 5.74) is 6.00. The monoisotopic (exact) mass is 889 g/mol. The third-order valence-electron chi connectivity index (χ3n) is 11.1. The van der Waals surface area contributed by atoms with Gasteiger partial charge in [-0.25, -0.2) is 4.98 Å². The topological polar surface area (TPSA) is 34.6 Å². The molecule has 11 rings (SSSR count). The molecule has 0 N–H and O–H groups in total. The fraction of sp³-hybridized carbons (Fsp3) is 0.157. The maximum atomic E-state index is 6.61. The summed E-state index contributed by atoms with van der Waals surface area (Å²) in [5, 5.41) is 5.32. The van der Waals surface area contributed by atoms with E-state index in [9.17, 15) is 0 Å². The molecule has 3 aromatic heterocycles. The predicted molar refractivity (Wildman–Crippen MR) is 264 cm³/mol. The van der Waals surface area contributed by atoms with Gasteiger partial charge in [0.2, 0.25) is 0 Å². The lowest BCUT2D eigenvalue weighted by molar-refractivity contribution is 0.0664. The number of thioether (sulfide) groups is 3. The van der Waals surface area contributed by atoms with Gasteiger partial charge in [0, 0.05) is 72.8 Å². The summed E-state index contributed by atoms with van der Waals surface area (Å²) in [4.78, 5) is 7.60. The zero-order valence-electron chi connectivity index (χ0n) is 32.5. The molecule has 0 radical (unpaired) electrons. The summed E-state index contributed by atoms with van der Waals surface area (Å²) in [6, 6.07) is 57.8. The largest absolute Gasteiger partial charge is 0.378 e. The molecule has 1 fully saturated rings. The van der Waals surface area contributed by atoms with Crippen molar-refractivity contribution in [3.63, 3.8) is 0 Å². The molecule has 0 saturated carbocycles. The van der Waals surface area contributed by atoms with Crippen LogP contribution in [-0.2, 0) is 9.47 Å². The molecule has 1 unspecified atom stereocenters. The highest BCUT2D eigenvalue weighted by atomic mass is 32.2. The quantitative estimate of drug-likeness (QED) is 0.0754. The number of hydrogen-bond acceptors (Lipinski definition) is 9. The molecular formula is C51H39NO2S6. The summed E-state index contributed by atoms with van der Waals surface area (Å²) < 4.78 is 19.9. The van der Waals surface area contributed by atoms with Gasteiger partial charge >= 0.3 is 0 Å². The molecule has 4 heterocycles. The second-order valence-corrected chi connectivity index (χ2v) is 21.9. The SMILES string of the molecule is c1cc(SCC(COCC2CO2)(CSc2cccc(-c3cccc4c3sc3ccccc34)c2)CSc2nc3ccccc3s2)cc(-c2cccc3c2sc2ccccc23)c1. The van der Waals surface area contributed by atoms with Crippen LogP contribution in [0.15, 0.2) is 172 Å². The summed E-state index contributed by atoms with van der Waals surface area (Å²) in [6.45, 7) is 2.06. The number of para-hydroxylation sites is 1. The van der Waals surface area contributed by atoms with E-state index >= 15 is 0 Å². The Kier molecular flexibility index (Phi) is 10.9. The maximum absolute atomic E-state index is 6.61. The Bertz CT molecular complexity index is 2950. The van der Waals surface area contributed by atoms with E-state index in [1.807, 2.05) is 58.0 Å². The second kappa shape index (κ2) is 17.0. The van der Waals surface area contributed by atoms with Crippen LogP contribution >= 0.6 is 69.3 Å². The molecule has 3 nitrogen and oxygen atoms in total. The number of nitrogens with zero attached hydrogens (tertiary/aromatic N) is 1. The number of rotatable bonds is 15. The van der Waals surface area contributed by atoms with Crippen molar-refractivity contribution in [2.45, 2.75) is 20.2 Å². The van der Waals surface area contributed by atoms with E-state index in [-0.39, 0.29) is 11.5 Å². The van der Waals surface area contributed by atoms with E-state index in [1.165, 1.54) is 77.1 Å². The van der Waals surface area contributed by atoms with Crippen molar-refractivity contribution < 1.29 is 9.47 Å². The van der Waals surface area contributed by atoms with Crippen LogP contribution in [0.4, 0.5) is 0 Å². The van der Waals surface area contributed by atoms with Crippen LogP contribution in [0.25, 0.3) is 72.8 Å². The molecule has 1 aliphatic heterocycles. The second-order valence-electron chi connectivity index (χ2n) is 15.4. The molecule has 10 aromatic rings. The van der Waals surface area contributed by atoms with Crippen molar-refractivity contribution in [3.8, 4) is 22.3 Å². The average Bonchev–Trinajstić information content (AvgIpc) is 3.71. The molecule has 0 amide bonds. The van der Waals surface area contributed by atoms with E-state index in [1.54, 1.807) is 11.3 Å². The average molecular weight is 890 g/mol. The lowest BCUT2D eigenvalue weighted by atomic mass is 9.97. The lowest BCUT2D eigenvalue weighted by Gasteiger charge is -2.33. The number of epoxide rings is 1. The molecule has 1 aliphatic rings. The van der Waals surface area contributed by atoms with Gasteiger partial charge in [0.25, 0.3) is 0 Å². The molecule has 60 heavy (non-hydrogen) atoms. The first-order valence-corrected chi connectivity index (χ1v) is 25.5. The van der Waals surface area contributed by atoms with Gasteiger partial charge in [-0.3, -0.25) is 0 Å². The van der Waals surface area contributed by atoms with Gasteiger partial charge in [0.05, 0.1) is 30.0 Å². The molecule has 296 valence electrons. The molecule has 9 heteroatoms. The third-order valence-corrected chi connectivity index (χ3v) is 18.7. The van der Waals surface area contributed by atoms with E-state index in [2.05, 4.69) is 158 Å². The third kappa shape index (κ3) is 8.03. The predicted octanol–water partition coefficient (Wildman–Crippen LogP) is 15.4. The van der Waals surface area contributed by atoms with Crippen LogP contribution in [0.5, 0.6) is 0 Å². The molecule has 0 bridgehead atoms. The summed E-state index contributed by atoms with van der Waals surface area (Å²) in [5.74, 6) is 2.70.